The normalized spacial score (nSPS) is 20.6. The van der Waals surface area contributed by atoms with Crippen LogP contribution < -0.4 is 5.32 Å². The topological polar surface area (TPSA) is 15.3 Å². The first-order valence-corrected chi connectivity index (χ1v) is 6.21. The lowest BCUT2D eigenvalue weighted by Crippen LogP contribution is -2.44. The van der Waals surface area contributed by atoms with Gasteiger partial charge in [0, 0.05) is 32.7 Å². The Balaban J connectivity index is 2.65. The van der Waals surface area contributed by atoms with Gasteiger partial charge in [-0.15, -0.1) is 0 Å². The molecule has 0 atom stereocenters. The van der Waals surface area contributed by atoms with E-state index in [0.29, 0.717) is 10.1 Å². The molecule has 90 valence electrons. The molecule has 0 aromatic carbocycles. The smallest absolute Gasteiger partial charge is 0.0633 e. The fourth-order valence-corrected chi connectivity index (χ4v) is 2.01. The molecule has 1 heterocycles. The van der Waals surface area contributed by atoms with Crippen molar-refractivity contribution in [1.29, 1.82) is 0 Å². The van der Waals surface area contributed by atoms with E-state index in [9.17, 15) is 0 Å². The van der Waals surface area contributed by atoms with Gasteiger partial charge in [-0.25, -0.2) is 0 Å². The Morgan fingerprint density at radius 1 is 1.38 bits per heavy atom. The largest absolute Gasteiger partial charge is 0.314 e. The fourth-order valence-electron chi connectivity index (χ4n) is 1.64. The fraction of sp³-hybridized carbons (Fsp3) is 0.500. The number of rotatable bonds is 4. The van der Waals surface area contributed by atoms with Crippen molar-refractivity contribution < 1.29 is 0 Å². The van der Waals surface area contributed by atoms with Crippen LogP contribution in [0.5, 0.6) is 0 Å². The third kappa shape index (κ3) is 3.95. The molecule has 0 radical (unpaired) electrons. The first-order valence-electron chi connectivity index (χ1n) is 5.45. The minimum Gasteiger partial charge on any atom is -0.314 e. The van der Waals surface area contributed by atoms with Crippen LogP contribution in [0.25, 0.3) is 0 Å². The predicted molar refractivity (Wildman–Crippen MR) is 72.0 cm³/mol. The van der Waals surface area contributed by atoms with E-state index in [0.717, 1.165) is 38.3 Å². The van der Waals surface area contributed by atoms with Crippen molar-refractivity contribution in [3.05, 3.63) is 34.4 Å². The van der Waals surface area contributed by atoms with Crippen LogP contribution in [0.3, 0.4) is 0 Å². The second-order valence-corrected chi connectivity index (χ2v) is 4.49. The second-order valence-electron chi connectivity index (χ2n) is 3.71. The highest BCUT2D eigenvalue weighted by Crippen LogP contribution is 2.23. The zero-order chi connectivity index (χ0) is 12.0. The average molecular weight is 261 g/mol. The summed E-state index contributed by atoms with van der Waals surface area (Å²) in [5.74, 6) is 0. The first-order chi connectivity index (χ1) is 7.69. The highest BCUT2D eigenvalue weighted by Gasteiger charge is 2.13. The van der Waals surface area contributed by atoms with Crippen molar-refractivity contribution in [2.75, 3.05) is 32.7 Å². The summed E-state index contributed by atoms with van der Waals surface area (Å²) in [6.45, 7) is 10.6. The minimum absolute atomic E-state index is 0.518. The van der Waals surface area contributed by atoms with Crippen LogP contribution in [-0.4, -0.2) is 37.6 Å². The van der Waals surface area contributed by atoms with E-state index in [-0.39, 0.29) is 0 Å². The van der Waals surface area contributed by atoms with E-state index >= 15 is 0 Å². The van der Waals surface area contributed by atoms with E-state index < -0.39 is 0 Å². The van der Waals surface area contributed by atoms with Gasteiger partial charge in [-0.1, -0.05) is 35.9 Å². The minimum atomic E-state index is 0.518. The molecule has 0 amide bonds. The van der Waals surface area contributed by atoms with Crippen molar-refractivity contribution in [2.45, 2.75) is 6.92 Å². The molecule has 0 bridgehead atoms. The monoisotopic (exact) mass is 260 g/mol. The number of nitrogens with zero attached hydrogens (tertiary/aromatic N) is 1. The van der Waals surface area contributed by atoms with Gasteiger partial charge in [0.05, 0.1) is 10.1 Å². The molecule has 1 fully saturated rings. The summed E-state index contributed by atoms with van der Waals surface area (Å²) in [4.78, 5) is 2.36. The molecule has 0 saturated carbocycles. The maximum atomic E-state index is 6.18. The van der Waals surface area contributed by atoms with E-state index in [4.69, 9.17) is 23.2 Å². The van der Waals surface area contributed by atoms with Gasteiger partial charge in [0.1, 0.15) is 0 Å². The molecule has 0 spiro atoms. The van der Waals surface area contributed by atoms with Crippen LogP contribution in [0.2, 0.25) is 0 Å². The first kappa shape index (κ1) is 13.8. The lowest BCUT2D eigenvalue weighted by molar-refractivity contribution is 0.261. The molecule has 0 aromatic heterocycles. The number of piperazine rings is 1. The second kappa shape index (κ2) is 7.13. The maximum absolute atomic E-state index is 6.18. The van der Waals surface area contributed by atoms with Crippen molar-refractivity contribution in [2.24, 2.45) is 0 Å². The summed E-state index contributed by atoms with van der Waals surface area (Å²) in [5, 5.41) is 4.45. The Bertz CT molecular complexity index is 302. The molecule has 0 aromatic rings. The number of halogens is 2. The predicted octanol–water partition coefficient (Wildman–Crippen LogP) is 2.71. The van der Waals surface area contributed by atoms with Crippen LogP contribution >= 0.6 is 23.2 Å². The van der Waals surface area contributed by atoms with Gasteiger partial charge in [0.15, 0.2) is 0 Å². The summed E-state index contributed by atoms with van der Waals surface area (Å²) in [6.07, 6.45) is 3.58. The molecular formula is C12H18Cl2N2. The van der Waals surface area contributed by atoms with Crippen LogP contribution in [0, 0.1) is 0 Å². The van der Waals surface area contributed by atoms with Gasteiger partial charge in [0.25, 0.3) is 0 Å². The summed E-state index contributed by atoms with van der Waals surface area (Å²) in [7, 11) is 0. The van der Waals surface area contributed by atoms with E-state index in [2.05, 4.69) is 16.8 Å². The van der Waals surface area contributed by atoms with Gasteiger partial charge in [0.2, 0.25) is 0 Å². The summed E-state index contributed by atoms with van der Waals surface area (Å²) in [5.41, 5.74) is 1.06. The molecule has 1 rings (SSSR count). The molecule has 4 heteroatoms. The molecule has 1 saturated heterocycles. The van der Waals surface area contributed by atoms with Crippen molar-refractivity contribution >= 4 is 23.2 Å². The van der Waals surface area contributed by atoms with E-state index in [1.54, 1.807) is 6.08 Å². The Labute approximate surface area is 108 Å². The lowest BCUT2D eigenvalue weighted by Gasteiger charge is -2.28. The summed E-state index contributed by atoms with van der Waals surface area (Å²) >= 11 is 12.1. The quantitative estimate of drug-likeness (QED) is 0.783. The number of hydrogen-bond acceptors (Lipinski definition) is 2. The van der Waals surface area contributed by atoms with Gasteiger partial charge in [-0.3, -0.25) is 4.90 Å². The molecular weight excluding hydrogens is 243 g/mol. The number of nitrogens with one attached hydrogen (secondary N) is 1. The number of allylic oxidation sites excluding steroid dienone is 3. The Hall–Kier alpha value is -0.280. The van der Waals surface area contributed by atoms with Gasteiger partial charge in [-0.2, -0.15) is 0 Å². The Kier molecular flexibility index (Phi) is 6.14. The molecule has 1 aliphatic heterocycles. The third-order valence-electron chi connectivity index (χ3n) is 2.62. The SMILES string of the molecule is C=C/C(Cl)=C(Cl)\C(=C/C)CN1CCNCC1. The van der Waals surface area contributed by atoms with Gasteiger partial charge >= 0.3 is 0 Å². The highest BCUT2D eigenvalue weighted by atomic mass is 35.5. The standard InChI is InChI=1S/C12H18Cl2N2/c1-3-10(12(14)11(13)4-2)9-16-7-5-15-6-8-16/h3-4,15H,2,5-9H2,1H3/b10-3-,12-11-. The molecule has 0 aliphatic carbocycles. The molecule has 2 nitrogen and oxygen atoms in total. The third-order valence-corrected chi connectivity index (χ3v) is 3.51. The molecule has 16 heavy (non-hydrogen) atoms. The average Bonchev–Trinajstić information content (AvgIpc) is 2.35. The maximum Gasteiger partial charge on any atom is 0.0633 e. The van der Waals surface area contributed by atoms with Crippen LogP contribution in [0.1, 0.15) is 6.92 Å². The summed E-state index contributed by atoms with van der Waals surface area (Å²) in [6, 6.07) is 0. The van der Waals surface area contributed by atoms with E-state index in [1.807, 2.05) is 13.0 Å². The zero-order valence-electron chi connectivity index (χ0n) is 9.60. The van der Waals surface area contributed by atoms with Crippen LogP contribution in [-0.2, 0) is 0 Å². The van der Waals surface area contributed by atoms with Crippen molar-refractivity contribution in [3.63, 3.8) is 0 Å². The van der Waals surface area contributed by atoms with Gasteiger partial charge in [-0.05, 0) is 18.6 Å². The van der Waals surface area contributed by atoms with Crippen molar-refractivity contribution in [1.82, 2.24) is 10.2 Å². The van der Waals surface area contributed by atoms with Crippen LogP contribution in [0.4, 0.5) is 0 Å². The number of hydrogen-bond donors (Lipinski definition) is 1. The molecule has 0 unspecified atom stereocenters. The molecule has 1 N–H and O–H groups in total. The van der Waals surface area contributed by atoms with Crippen LogP contribution in [0.15, 0.2) is 34.4 Å². The Morgan fingerprint density at radius 3 is 2.50 bits per heavy atom. The highest BCUT2D eigenvalue weighted by molar-refractivity contribution is 6.41. The Morgan fingerprint density at radius 2 is 2.00 bits per heavy atom. The summed E-state index contributed by atoms with van der Waals surface area (Å²) < 4.78 is 0. The van der Waals surface area contributed by atoms with E-state index in [1.165, 1.54) is 0 Å². The van der Waals surface area contributed by atoms with Gasteiger partial charge < -0.3 is 5.32 Å². The molecule has 1 aliphatic rings. The zero-order valence-corrected chi connectivity index (χ0v) is 11.1. The van der Waals surface area contributed by atoms with Crippen molar-refractivity contribution in [3.8, 4) is 0 Å². The lowest BCUT2D eigenvalue weighted by atomic mass is 10.2.